The summed E-state index contributed by atoms with van der Waals surface area (Å²) in [7, 11) is 0. The standard InChI is InChI=1S/C16H25N3O2.ClH/c1-9-14(11(3)20)10(2)18-15(9)16(21)19-13-7-5-4-6-12(13)8-17;/h12-13,18H,4-8,17H2,1-3H3,(H,19,21);1H. The number of hydrogen-bond donors (Lipinski definition) is 3. The van der Waals surface area contributed by atoms with Crippen LogP contribution in [0.4, 0.5) is 0 Å². The number of ketones is 1. The zero-order valence-electron chi connectivity index (χ0n) is 13.5. The molecule has 22 heavy (non-hydrogen) atoms. The van der Waals surface area contributed by atoms with Crippen molar-refractivity contribution in [1.82, 2.24) is 10.3 Å². The van der Waals surface area contributed by atoms with Crippen molar-refractivity contribution in [3.63, 3.8) is 0 Å². The van der Waals surface area contributed by atoms with Crippen molar-refractivity contribution in [3.05, 3.63) is 22.5 Å². The van der Waals surface area contributed by atoms with Crippen LogP contribution in [-0.2, 0) is 0 Å². The fraction of sp³-hybridized carbons (Fsp3) is 0.625. The molecule has 1 heterocycles. The summed E-state index contributed by atoms with van der Waals surface area (Å²) in [6.45, 7) is 5.77. The lowest BCUT2D eigenvalue weighted by atomic mass is 9.84. The van der Waals surface area contributed by atoms with Crippen molar-refractivity contribution in [1.29, 1.82) is 0 Å². The number of nitrogens with two attached hydrogens (primary N) is 1. The van der Waals surface area contributed by atoms with Gasteiger partial charge in [0.05, 0.1) is 0 Å². The van der Waals surface area contributed by atoms with E-state index in [-0.39, 0.29) is 30.1 Å². The lowest BCUT2D eigenvalue weighted by Crippen LogP contribution is -2.45. The van der Waals surface area contributed by atoms with Gasteiger partial charge in [-0.1, -0.05) is 12.8 Å². The molecular weight excluding hydrogens is 302 g/mol. The van der Waals surface area contributed by atoms with Crippen LogP contribution >= 0.6 is 12.4 Å². The summed E-state index contributed by atoms with van der Waals surface area (Å²) in [5.74, 6) is 0.206. The first-order valence-corrected chi connectivity index (χ1v) is 7.66. The van der Waals surface area contributed by atoms with Crippen molar-refractivity contribution in [3.8, 4) is 0 Å². The van der Waals surface area contributed by atoms with Crippen LogP contribution in [0.15, 0.2) is 0 Å². The molecular formula is C16H26ClN3O2. The van der Waals surface area contributed by atoms with E-state index in [2.05, 4.69) is 10.3 Å². The van der Waals surface area contributed by atoms with E-state index < -0.39 is 0 Å². The van der Waals surface area contributed by atoms with E-state index in [1.165, 1.54) is 13.3 Å². The minimum atomic E-state index is -0.131. The maximum Gasteiger partial charge on any atom is 0.268 e. The van der Waals surface area contributed by atoms with Gasteiger partial charge in [-0.15, -0.1) is 12.4 Å². The van der Waals surface area contributed by atoms with Gasteiger partial charge in [0.1, 0.15) is 5.69 Å². The van der Waals surface area contributed by atoms with Gasteiger partial charge in [0.25, 0.3) is 5.91 Å². The van der Waals surface area contributed by atoms with Gasteiger partial charge in [0, 0.05) is 17.3 Å². The first kappa shape index (κ1) is 18.7. The van der Waals surface area contributed by atoms with Gasteiger partial charge in [0.2, 0.25) is 0 Å². The Morgan fingerprint density at radius 1 is 1.27 bits per heavy atom. The zero-order chi connectivity index (χ0) is 15.6. The average molecular weight is 328 g/mol. The van der Waals surface area contributed by atoms with Crippen LogP contribution < -0.4 is 11.1 Å². The molecule has 4 N–H and O–H groups in total. The summed E-state index contributed by atoms with van der Waals surface area (Å²) in [4.78, 5) is 27.2. The van der Waals surface area contributed by atoms with Crippen molar-refractivity contribution in [2.45, 2.75) is 52.5 Å². The number of aromatic nitrogens is 1. The number of amides is 1. The number of nitrogens with one attached hydrogen (secondary N) is 2. The molecule has 0 aromatic carbocycles. The number of aromatic amines is 1. The van der Waals surface area contributed by atoms with Crippen molar-refractivity contribution in [2.24, 2.45) is 11.7 Å². The van der Waals surface area contributed by atoms with Crippen LogP contribution in [0, 0.1) is 19.8 Å². The second-order valence-corrected chi connectivity index (χ2v) is 6.04. The van der Waals surface area contributed by atoms with Gasteiger partial charge in [-0.25, -0.2) is 0 Å². The fourth-order valence-corrected chi connectivity index (χ4v) is 3.43. The molecule has 5 nitrogen and oxygen atoms in total. The molecule has 1 saturated carbocycles. The SMILES string of the molecule is CC(=O)c1c(C)[nH]c(C(=O)NC2CCCCC2CN)c1C.Cl. The minimum Gasteiger partial charge on any atom is -0.354 e. The minimum absolute atomic E-state index is 0. The summed E-state index contributed by atoms with van der Waals surface area (Å²) in [5, 5.41) is 3.09. The Hall–Kier alpha value is -1.33. The molecule has 0 radical (unpaired) electrons. The molecule has 124 valence electrons. The van der Waals surface area contributed by atoms with Gasteiger partial charge >= 0.3 is 0 Å². The quantitative estimate of drug-likeness (QED) is 0.742. The van der Waals surface area contributed by atoms with Crippen molar-refractivity contribution < 1.29 is 9.59 Å². The van der Waals surface area contributed by atoms with Crippen LogP contribution in [0.2, 0.25) is 0 Å². The van der Waals surface area contributed by atoms with Gasteiger partial charge in [-0.2, -0.15) is 0 Å². The van der Waals surface area contributed by atoms with Crippen LogP contribution in [0.1, 0.15) is 64.7 Å². The number of Topliss-reactive ketones (excluding diaryl/α,β-unsaturated/α-hetero) is 1. The molecule has 2 rings (SSSR count). The van der Waals surface area contributed by atoms with Crippen LogP contribution in [0.3, 0.4) is 0 Å². The zero-order valence-corrected chi connectivity index (χ0v) is 14.3. The van der Waals surface area contributed by atoms with E-state index in [4.69, 9.17) is 5.73 Å². The highest BCUT2D eigenvalue weighted by atomic mass is 35.5. The molecule has 0 spiro atoms. The predicted octanol–water partition coefficient (Wildman–Crippen LogP) is 2.50. The van der Waals surface area contributed by atoms with Gasteiger partial charge < -0.3 is 16.0 Å². The monoisotopic (exact) mass is 327 g/mol. The second-order valence-electron chi connectivity index (χ2n) is 6.04. The van der Waals surface area contributed by atoms with E-state index >= 15 is 0 Å². The van der Waals surface area contributed by atoms with E-state index in [9.17, 15) is 9.59 Å². The largest absolute Gasteiger partial charge is 0.354 e. The third-order valence-corrected chi connectivity index (χ3v) is 4.54. The molecule has 1 aromatic rings. The molecule has 1 aliphatic rings. The third kappa shape index (κ3) is 3.70. The van der Waals surface area contributed by atoms with Gasteiger partial charge in [0.15, 0.2) is 5.78 Å². The first-order chi connectivity index (χ1) is 9.95. The number of carbonyl (C=O) groups excluding carboxylic acids is 2. The Balaban J connectivity index is 0.00000242. The highest BCUT2D eigenvalue weighted by Gasteiger charge is 2.27. The maximum atomic E-state index is 12.5. The lowest BCUT2D eigenvalue weighted by Gasteiger charge is -2.31. The molecule has 0 aliphatic heterocycles. The molecule has 1 fully saturated rings. The Bertz CT molecular complexity index is 554. The van der Waals surface area contributed by atoms with Gasteiger partial charge in [-0.3, -0.25) is 9.59 Å². The number of carbonyl (C=O) groups is 2. The third-order valence-electron chi connectivity index (χ3n) is 4.54. The lowest BCUT2D eigenvalue weighted by molar-refractivity contribution is 0.0902. The topological polar surface area (TPSA) is 88.0 Å². The number of rotatable bonds is 4. The molecule has 6 heteroatoms. The van der Waals surface area contributed by atoms with E-state index in [0.717, 1.165) is 30.5 Å². The molecule has 0 bridgehead atoms. The maximum absolute atomic E-state index is 12.5. The second kappa shape index (κ2) is 7.79. The van der Waals surface area contributed by atoms with Crippen molar-refractivity contribution >= 4 is 24.1 Å². The number of H-pyrrole nitrogens is 1. The molecule has 2 unspecified atom stereocenters. The van der Waals surface area contributed by atoms with Crippen LogP contribution in [0.5, 0.6) is 0 Å². The summed E-state index contributed by atoms with van der Waals surface area (Å²) in [6.07, 6.45) is 4.36. The Morgan fingerprint density at radius 2 is 1.91 bits per heavy atom. The smallest absolute Gasteiger partial charge is 0.268 e. The molecule has 2 atom stereocenters. The van der Waals surface area contributed by atoms with Gasteiger partial charge in [-0.05, 0) is 51.6 Å². The number of aryl methyl sites for hydroxylation is 1. The Kier molecular flexibility index (Phi) is 6.63. The van der Waals surface area contributed by atoms with E-state index in [0.29, 0.717) is 23.7 Å². The van der Waals surface area contributed by atoms with E-state index in [1.807, 2.05) is 13.8 Å². The molecule has 1 aliphatic carbocycles. The molecule has 1 amide bonds. The highest BCUT2D eigenvalue weighted by molar-refractivity contribution is 6.02. The predicted molar refractivity (Wildman–Crippen MR) is 89.8 cm³/mol. The van der Waals surface area contributed by atoms with Crippen LogP contribution in [-0.4, -0.2) is 29.3 Å². The first-order valence-electron chi connectivity index (χ1n) is 7.66. The summed E-state index contributed by atoms with van der Waals surface area (Å²) in [5.41, 5.74) is 8.41. The summed E-state index contributed by atoms with van der Waals surface area (Å²) >= 11 is 0. The number of hydrogen-bond acceptors (Lipinski definition) is 3. The Morgan fingerprint density at radius 3 is 2.45 bits per heavy atom. The molecule has 1 aromatic heterocycles. The summed E-state index contributed by atoms with van der Waals surface area (Å²) in [6, 6.07) is 0.139. The van der Waals surface area contributed by atoms with Crippen LogP contribution in [0.25, 0.3) is 0 Å². The summed E-state index contributed by atoms with van der Waals surface area (Å²) < 4.78 is 0. The van der Waals surface area contributed by atoms with Crippen molar-refractivity contribution in [2.75, 3.05) is 6.54 Å². The average Bonchev–Trinajstić information content (AvgIpc) is 2.74. The molecule has 0 saturated heterocycles. The van der Waals surface area contributed by atoms with E-state index in [1.54, 1.807) is 0 Å². The fourth-order valence-electron chi connectivity index (χ4n) is 3.43. The number of halogens is 1. The highest BCUT2D eigenvalue weighted by Crippen LogP contribution is 2.24. The normalized spacial score (nSPS) is 21.1. The Labute approximate surface area is 137 Å².